The Balaban J connectivity index is 1.32. The number of aromatic nitrogens is 4. The van der Waals surface area contributed by atoms with Crippen molar-refractivity contribution in [3.63, 3.8) is 0 Å². The third-order valence-corrected chi connectivity index (χ3v) is 6.60. The first-order chi connectivity index (χ1) is 14.3. The van der Waals surface area contributed by atoms with Gasteiger partial charge in [-0.05, 0) is 47.9 Å². The number of nitrogens with zero attached hydrogens (tertiary/aromatic N) is 4. The van der Waals surface area contributed by atoms with Crippen LogP contribution < -0.4 is 0 Å². The second-order valence-corrected chi connectivity index (χ2v) is 8.45. The number of aryl methyl sites for hydroxylation is 2. The minimum Gasteiger partial charge on any atom is -0.268 e. The van der Waals surface area contributed by atoms with E-state index in [9.17, 15) is 0 Å². The van der Waals surface area contributed by atoms with Gasteiger partial charge in [-0.3, -0.25) is 9.36 Å². The van der Waals surface area contributed by atoms with Crippen molar-refractivity contribution in [3.8, 4) is 0 Å². The van der Waals surface area contributed by atoms with Crippen LogP contribution in [0.2, 0.25) is 0 Å². The van der Waals surface area contributed by atoms with Crippen molar-refractivity contribution in [1.82, 2.24) is 19.6 Å². The first-order valence-electron chi connectivity index (χ1n) is 10.5. The number of rotatable bonds is 4. The number of hydrogen-bond acceptors (Lipinski definition) is 2. The highest BCUT2D eigenvalue weighted by Crippen LogP contribution is 2.51. The third-order valence-electron chi connectivity index (χ3n) is 6.60. The predicted octanol–water partition coefficient (Wildman–Crippen LogP) is 4.35. The summed E-state index contributed by atoms with van der Waals surface area (Å²) in [5, 5.41) is 10.2. The van der Waals surface area contributed by atoms with Crippen LogP contribution in [0.15, 0.2) is 73.1 Å². The minimum absolute atomic E-state index is 0.0224. The lowest BCUT2D eigenvalue weighted by atomic mass is 9.83. The molecule has 2 aliphatic carbocycles. The van der Waals surface area contributed by atoms with Gasteiger partial charge in [0.05, 0.1) is 29.9 Å². The summed E-state index contributed by atoms with van der Waals surface area (Å²) >= 11 is 0. The molecule has 2 aromatic carbocycles. The quantitative estimate of drug-likeness (QED) is 0.527. The van der Waals surface area contributed by atoms with Gasteiger partial charge in [0.25, 0.3) is 0 Å². The van der Waals surface area contributed by atoms with E-state index in [-0.39, 0.29) is 5.41 Å². The zero-order chi connectivity index (χ0) is 19.3. The summed E-state index contributed by atoms with van der Waals surface area (Å²) in [6.45, 7) is 1.67. The molecule has 0 atom stereocenters. The zero-order valence-corrected chi connectivity index (χ0v) is 16.5. The van der Waals surface area contributed by atoms with Crippen LogP contribution in [0.25, 0.3) is 0 Å². The van der Waals surface area contributed by atoms with Crippen molar-refractivity contribution in [2.24, 2.45) is 0 Å². The Bertz CT molecular complexity index is 1060. The Labute approximate surface area is 170 Å². The standard InChI is InChI=1S/C25H24N4/c1-3-7-19(8-4-1)15-28-17-21-11-13-25(23(21)26-28)14-12-22-18-29(27-24(22)25)16-20-9-5-2-6-10-20/h1-10,17-18H,11-16H2. The molecule has 1 spiro atoms. The number of hydrogen-bond donors (Lipinski definition) is 0. The summed E-state index contributed by atoms with van der Waals surface area (Å²) in [6, 6.07) is 21.2. The summed E-state index contributed by atoms with van der Waals surface area (Å²) in [4.78, 5) is 0. The molecule has 4 aromatic rings. The molecule has 0 N–H and O–H groups in total. The van der Waals surface area contributed by atoms with E-state index in [1.54, 1.807) is 0 Å². The van der Waals surface area contributed by atoms with Gasteiger partial charge in [-0.1, -0.05) is 60.7 Å². The van der Waals surface area contributed by atoms with E-state index in [2.05, 4.69) is 82.4 Å². The molecule has 0 radical (unpaired) electrons. The molecule has 0 amide bonds. The maximum atomic E-state index is 5.08. The molecule has 4 heteroatoms. The highest BCUT2D eigenvalue weighted by atomic mass is 15.3. The van der Waals surface area contributed by atoms with Gasteiger partial charge in [-0.25, -0.2) is 0 Å². The van der Waals surface area contributed by atoms with E-state index >= 15 is 0 Å². The molecule has 29 heavy (non-hydrogen) atoms. The Morgan fingerprint density at radius 2 is 1.10 bits per heavy atom. The van der Waals surface area contributed by atoms with E-state index in [0.717, 1.165) is 38.8 Å². The highest BCUT2D eigenvalue weighted by molar-refractivity contribution is 5.47. The lowest BCUT2D eigenvalue weighted by Crippen LogP contribution is -2.24. The van der Waals surface area contributed by atoms with Crippen LogP contribution in [0.1, 0.15) is 46.5 Å². The first-order valence-corrected chi connectivity index (χ1v) is 10.5. The Hall–Kier alpha value is -3.14. The van der Waals surface area contributed by atoms with Gasteiger partial charge < -0.3 is 0 Å². The van der Waals surface area contributed by atoms with E-state index in [1.165, 1.54) is 33.6 Å². The first kappa shape index (κ1) is 16.8. The normalized spacial score (nSPS) is 16.3. The fraction of sp³-hybridized carbons (Fsp3) is 0.280. The van der Waals surface area contributed by atoms with Crippen molar-refractivity contribution < 1.29 is 0 Å². The summed E-state index contributed by atoms with van der Waals surface area (Å²) in [7, 11) is 0. The van der Waals surface area contributed by atoms with Crippen molar-refractivity contribution in [1.29, 1.82) is 0 Å². The fourth-order valence-electron chi connectivity index (χ4n) is 5.21. The lowest BCUT2D eigenvalue weighted by Gasteiger charge is -2.22. The molecule has 0 saturated heterocycles. The highest BCUT2D eigenvalue weighted by Gasteiger charge is 2.49. The summed E-state index contributed by atoms with van der Waals surface area (Å²) in [5.41, 5.74) is 7.98. The molecule has 4 nitrogen and oxygen atoms in total. The monoisotopic (exact) mass is 380 g/mol. The maximum Gasteiger partial charge on any atom is 0.0779 e. The Morgan fingerprint density at radius 1 is 0.655 bits per heavy atom. The summed E-state index contributed by atoms with van der Waals surface area (Å²) in [6.07, 6.45) is 9.02. The third kappa shape index (κ3) is 2.74. The maximum absolute atomic E-state index is 5.08. The molecule has 2 aliphatic rings. The Kier molecular flexibility index (Phi) is 3.73. The fourth-order valence-corrected chi connectivity index (χ4v) is 5.21. The summed E-state index contributed by atoms with van der Waals surface area (Å²) in [5.74, 6) is 0. The molecule has 0 unspecified atom stereocenters. The van der Waals surface area contributed by atoms with Crippen LogP contribution in [0.5, 0.6) is 0 Å². The molecule has 0 saturated carbocycles. The van der Waals surface area contributed by atoms with Gasteiger partial charge in [-0.15, -0.1) is 0 Å². The second-order valence-electron chi connectivity index (χ2n) is 8.45. The van der Waals surface area contributed by atoms with Crippen LogP contribution in [-0.4, -0.2) is 19.6 Å². The molecule has 2 heterocycles. The van der Waals surface area contributed by atoms with Gasteiger partial charge in [0.15, 0.2) is 0 Å². The average molecular weight is 380 g/mol. The number of benzene rings is 2. The number of fused-ring (bicyclic) bond motifs is 4. The topological polar surface area (TPSA) is 35.6 Å². The molecule has 6 rings (SSSR count). The molecule has 2 aromatic heterocycles. The molecular formula is C25H24N4. The van der Waals surface area contributed by atoms with Crippen molar-refractivity contribution >= 4 is 0 Å². The van der Waals surface area contributed by atoms with Crippen LogP contribution >= 0.6 is 0 Å². The summed E-state index contributed by atoms with van der Waals surface area (Å²) < 4.78 is 4.25. The molecule has 0 aliphatic heterocycles. The molecule has 144 valence electrons. The van der Waals surface area contributed by atoms with Gasteiger partial charge >= 0.3 is 0 Å². The minimum atomic E-state index is 0.0224. The average Bonchev–Trinajstić information content (AvgIpc) is 3.48. The van der Waals surface area contributed by atoms with Crippen LogP contribution in [0.4, 0.5) is 0 Å². The van der Waals surface area contributed by atoms with Crippen molar-refractivity contribution in [2.45, 2.75) is 44.2 Å². The van der Waals surface area contributed by atoms with E-state index in [1.807, 2.05) is 0 Å². The molecular weight excluding hydrogens is 356 g/mol. The van der Waals surface area contributed by atoms with Crippen LogP contribution in [-0.2, 0) is 31.3 Å². The van der Waals surface area contributed by atoms with Crippen molar-refractivity contribution in [3.05, 3.63) is 107 Å². The largest absolute Gasteiger partial charge is 0.268 e. The van der Waals surface area contributed by atoms with Gasteiger partial charge in [0.2, 0.25) is 0 Å². The van der Waals surface area contributed by atoms with Crippen LogP contribution in [0, 0.1) is 0 Å². The van der Waals surface area contributed by atoms with Crippen LogP contribution in [0.3, 0.4) is 0 Å². The van der Waals surface area contributed by atoms with E-state index in [4.69, 9.17) is 10.2 Å². The van der Waals surface area contributed by atoms with E-state index < -0.39 is 0 Å². The lowest BCUT2D eigenvalue weighted by molar-refractivity contribution is 0.456. The van der Waals surface area contributed by atoms with Gasteiger partial charge in [0.1, 0.15) is 0 Å². The predicted molar refractivity (Wildman–Crippen MR) is 113 cm³/mol. The second kappa shape index (κ2) is 6.45. The Morgan fingerprint density at radius 3 is 1.55 bits per heavy atom. The van der Waals surface area contributed by atoms with Gasteiger partial charge in [-0.2, -0.15) is 10.2 Å². The smallest absolute Gasteiger partial charge is 0.0779 e. The van der Waals surface area contributed by atoms with Gasteiger partial charge in [0, 0.05) is 12.4 Å². The molecule has 0 fully saturated rings. The zero-order valence-electron chi connectivity index (χ0n) is 16.5. The molecule has 0 bridgehead atoms. The SMILES string of the molecule is c1ccc(Cn2cc3c(n2)C2(CC3)CCc3cn(Cc4ccccc4)nc32)cc1. The van der Waals surface area contributed by atoms with Crippen molar-refractivity contribution in [2.75, 3.05) is 0 Å². The van der Waals surface area contributed by atoms with E-state index in [0.29, 0.717) is 0 Å².